The third kappa shape index (κ3) is 7.52. The largest absolute Gasteiger partial charge is 0.480 e. The number of aliphatic carboxylic acids is 2. The zero-order valence-electron chi connectivity index (χ0n) is 13.2. The van der Waals surface area contributed by atoms with Crippen LogP contribution in [0.1, 0.15) is 11.1 Å². The van der Waals surface area contributed by atoms with Gasteiger partial charge in [-0.2, -0.15) is 26.3 Å². The fraction of sp³-hybridized carbons (Fsp3) is 0.357. The SMILES string of the molecule is O=C(O)CN(CC(=O)O)CC(=O)Nc1cc(C(F)(F)F)cc(C(F)(F)F)c1. The lowest BCUT2D eigenvalue weighted by atomic mass is 10.1. The Labute approximate surface area is 147 Å². The molecule has 1 rings (SSSR count). The molecule has 1 amide bonds. The zero-order valence-corrected chi connectivity index (χ0v) is 13.2. The van der Waals surface area contributed by atoms with Crippen molar-refractivity contribution < 1.29 is 50.9 Å². The van der Waals surface area contributed by atoms with E-state index in [9.17, 15) is 40.7 Å². The van der Waals surface area contributed by atoms with E-state index in [4.69, 9.17) is 10.2 Å². The van der Waals surface area contributed by atoms with Crippen molar-refractivity contribution >= 4 is 23.5 Å². The molecule has 0 aliphatic carbocycles. The number of carbonyl (C=O) groups excluding carboxylic acids is 1. The van der Waals surface area contributed by atoms with Crippen molar-refractivity contribution in [1.82, 2.24) is 4.90 Å². The first-order chi connectivity index (χ1) is 12.2. The fourth-order valence-electron chi connectivity index (χ4n) is 1.98. The summed E-state index contributed by atoms with van der Waals surface area (Å²) in [5.41, 5.74) is -4.13. The van der Waals surface area contributed by atoms with Crippen molar-refractivity contribution in [2.45, 2.75) is 12.4 Å². The minimum atomic E-state index is -5.11. The highest BCUT2D eigenvalue weighted by Gasteiger charge is 2.37. The van der Waals surface area contributed by atoms with Crippen LogP contribution in [0.4, 0.5) is 32.0 Å². The Bertz CT molecular complexity index is 683. The summed E-state index contributed by atoms with van der Waals surface area (Å²) >= 11 is 0. The number of hydrogen-bond acceptors (Lipinski definition) is 4. The average molecular weight is 402 g/mol. The van der Waals surface area contributed by atoms with Gasteiger partial charge in [0, 0.05) is 5.69 Å². The molecule has 0 aliphatic heterocycles. The summed E-state index contributed by atoms with van der Waals surface area (Å²) in [6.07, 6.45) is -10.2. The van der Waals surface area contributed by atoms with E-state index < -0.39 is 66.6 Å². The number of carboxylic acid groups (broad SMARTS) is 2. The van der Waals surface area contributed by atoms with Crippen molar-refractivity contribution in [2.24, 2.45) is 0 Å². The maximum Gasteiger partial charge on any atom is 0.416 e. The Morgan fingerprint density at radius 1 is 0.815 bits per heavy atom. The second kappa shape index (κ2) is 8.24. The molecule has 0 aromatic heterocycles. The monoisotopic (exact) mass is 402 g/mol. The minimum absolute atomic E-state index is 0.128. The van der Waals surface area contributed by atoms with Gasteiger partial charge in [-0.15, -0.1) is 0 Å². The van der Waals surface area contributed by atoms with Gasteiger partial charge < -0.3 is 15.5 Å². The number of halogens is 6. The summed E-state index contributed by atoms with van der Waals surface area (Å²) in [6, 6.07) is 0.411. The first kappa shape index (κ1) is 22.2. The van der Waals surface area contributed by atoms with E-state index in [2.05, 4.69) is 0 Å². The van der Waals surface area contributed by atoms with Crippen LogP contribution < -0.4 is 5.32 Å². The summed E-state index contributed by atoms with van der Waals surface area (Å²) in [5, 5.41) is 19.0. The highest BCUT2D eigenvalue weighted by atomic mass is 19.4. The molecule has 1 aromatic carbocycles. The van der Waals surface area contributed by atoms with Crippen LogP contribution in [-0.4, -0.2) is 52.6 Å². The summed E-state index contributed by atoms with van der Waals surface area (Å²) in [4.78, 5) is 33.7. The molecule has 150 valence electrons. The van der Waals surface area contributed by atoms with Crippen LogP contribution in [0.25, 0.3) is 0 Å². The number of carboxylic acids is 2. The Hall–Kier alpha value is -2.83. The predicted molar refractivity (Wildman–Crippen MR) is 76.8 cm³/mol. The molecule has 3 N–H and O–H groups in total. The number of nitrogens with zero attached hydrogens (tertiary/aromatic N) is 1. The van der Waals surface area contributed by atoms with Gasteiger partial charge in [-0.25, -0.2) is 0 Å². The molecular weight excluding hydrogens is 390 g/mol. The van der Waals surface area contributed by atoms with Crippen molar-refractivity contribution in [3.05, 3.63) is 29.3 Å². The topological polar surface area (TPSA) is 107 Å². The molecule has 0 aliphatic rings. The van der Waals surface area contributed by atoms with Crippen LogP contribution in [0.15, 0.2) is 18.2 Å². The molecule has 0 saturated heterocycles. The number of benzene rings is 1. The number of rotatable bonds is 7. The number of carbonyl (C=O) groups is 3. The highest BCUT2D eigenvalue weighted by molar-refractivity contribution is 5.93. The Morgan fingerprint density at radius 2 is 1.22 bits per heavy atom. The Kier molecular flexibility index (Phi) is 6.78. The van der Waals surface area contributed by atoms with Gasteiger partial charge in [0.2, 0.25) is 5.91 Å². The summed E-state index contributed by atoms with van der Waals surface area (Å²) < 4.78 is 76.5. The van der Waals surface area contributed by atoms with E-state index in [0.717, 1.165) is 0 Å². The van der Waals surface area contributed by atoms with E-state index in [1.807, 2.05) is 0 Å². The summed E-state index contributed by atoms with van der Waals surface area (Å²) in [5.74, 6) is -4.16. The number of alkyl halides is 6. The number of anilines is 1. The van der Waals surface area contributed by atoms with Gasteiger partial charge in [-0.3, -0.25) is 19.3 Å². The smallest absolute Gasteiger partial charge is 0.416 e. The lowest BCUT2D eigenvalue weighted by Crippen LogP contribution is -2.40. The first-order valence-corrected chi connectivity index (χ1v) is 6.93. The molecule has 27 heavy (non-hydrogen) atoms. The quantitative estimate of drug-likeness (QED) is 0.604. The fourth-order valence-corrected chi connectivity index (χ4v) is 1.98. The van der Waals surface area contributed by atoms with Crippen LogP contribution in [0, 0.1) is 0 Å². The zero-order chi connectivity index (χ0) is 21.0. The van der Waals surface area contributed by atoms with Crippen molar-refractivity contribution in [3.8, 4) is 0 Å². The standard InChI is InChI=1S/C14H12F6N2O5/c15-13(16,17)7-1-8(14(18,19)20)3-9(2-7)21-10(23)4-22(5-11(24)25)6-12(26)27/h1-3H,4-6H2,(H,21,23)(H,24,25)(H,26,27). The van der Waals surface area contributed by atoms with Crippen molar-refractivity contribution in [1.29, 1.82) is 0 Å². The molecule has 0 fully saturated rings. The maximum atomic E-state index is 12.8. The van der Waals surface area contributed by atoms with Gasteiger partial charge >= 0.3 is 24.3 Å². The van der Waals surface area contributed by atoms with Gasteiger partial charge in [0.1, 0.15) is 0 Å². The molecule has 7 nitrogen and oxygen atoms in total. The molecule has 0 atom stereocenters. The lowest BCUT2D eigenvalue weighted by Gasteiger charge is -2.18. The number of amides is 1. The highest BCUT2D eigenvalue weighted by Crippen LogP contribution is 2.37. The third-order valence-corrected chi connectivity index (χ3v) is 2.96. The minimum Gasteiger partial charge on any atom is -0.480 e. The normalized spacial score (nSPS) is 12.1. The molecular formula is C14H12F6N2O5. The Morgan fingerprint density at radius 3 is 1.56 bits per heavy atom. The van der Waals surface area contributed by atoms with Gasteiger partial charge in [0.05, 0.1) is 30.8 Å². The molecule has 0 heterocycles. The van der Waals surface area contributed by atoms with E-state index >= 15 is 0 Å². The first-order valence-electron chi connectivity index (χ1n) is 6.93. The molecule has 0 unspecified atom stereocenters. The molecule has 0 saturated carbocycles. The average Bonchev–Trinajstić information content (AvgIpc) is 2.43. The molecule has 0 radical (unpaired) electrons. The van der Waals surface area contributed by atoms with Crippen LogP contribution >= 0.6 is 0 Å². The van der Waals surface area contributed by atoms with Gasteiger partial charge in [0.25, 0.3) is 0 Å². The van der Waals surface area contributed by atoms with E-state index in [1.165, 1.54) is 0 Å². The lowest BCUT2D eigenvalue weighted by molar-refractivity contribution is -0.144. The van der Waals surface area contributed by atoms with Gasteiger partial charge in [0.15, 0.2) is 0 Å². The van der Waals surface area contributed by atoms with Crippen molar-refractivity contribution in [2.75, 3.05) is 25.0 Å². The van der Waals surface area contributed by atoms with Crippen LogP contribution in [-0.2, 0) is 26.7 Å². The van der Waals surface area contributed by atoms with Crippen LogP contribution in [0.5, 0.6) is 0 Å². The molecule has 1 aromatic rings. The summed E-state index contributed by atoms with van der Waals surface area (Å²) in [7, 11) is 0. The second-order valence-corrected chi connectivity index (χ2v) is 5.28. The second-order valence-electron chi connectivity index (χ2n) is 5.28. The number of nitrogens with one attached hydrogen (secondary N) is 1. The van der Waals surface area contributed by atoms with Crippen LogP contribution in [0.3, 0.4) is 0 Å². The molecule has 0 bridgehead atoms. The molecule has 13 heteroatoms. The Balaban J connectivity index is 3.06. The van der Waals surface area contributed by atoms with Crippen molar-refractivity contribution in [3.63, 3.8) is 0 Å². The molecule has 0 spiro atoms. The maximum absolute atomic E-state index is 12.8. The predicted octanol–water partition coefficient (Wildman–Crippen LogP) is 2.13. The van der Waals surface area contributed by atoms with E-state index in [-0.39, 0.29) is 18.2 Å². The van der Waals surface area contributed by atoms with E-state index in [0.29, 0.717) is 4.90 Å². The van der Waals surface area contributed by atoms with Crippen LogP contribution in [0.2, 0.25) is 0 Å². The van der Waals surface area contributed by atoms with Gasteiger partial charge in [-0.1, -0.05) is 0 Å². The number of hydrogen-bond donors (Lipinski definition) is 3. The van der Waals surface area contributed by atoms with Gasteiger partial charge in [-0.05, 0) is 18.2 Å². The summed E-state index contributed by atoms with van der Waals surface area (Å²) in [6.45, 7) is -2.64. The third-order valence-electron chi connectivity index (χ3n) is 2.96. The van der Waals surface area contributed by atoms with E-state index in [1.54, 1.807) is 5.32 Å².